The van der Waals surface area contributed by atoms with Crippen molar-refractivity contribution in [3.05, 3.63) is 23.5 Å². The molecule has 0 aliphatic carbocycles. The van der Waals surface area contributed by atoms with E-state index in [0.717, 1.165) is 12.3 Å². The third-order valence-corrected chi connectivity index (χ3v) is 4.92. The number of nitrogens with two attached hydrogens (primary N) is 2. The zero-order chi connectivity index (χ0) is 14.2. The second-order valence-electron chi connectivity index (χ2n) is 4.77. The Labute approximate surface area is 116 Å². The van der Waals surface area contributed by atoms with Crippen molar-refractivity contribution in [2.45, 2.75) is 25.1 Å². The van der Waals surface area contributed by atoms with Gasteiger partial charge in [-0.05, 0) is 19.1 Å². The van der Waals surface area contributed by atoms with E-state index in [9.17, 15) is 9.18 Å². The summed E-state index contributed by atoms with van der Waals surface area (Å²) in [5, 5.41) is 0.405. The number of amides is 1. The molecule has 0 saturated carbocycles. The summed E-state index contributed by atoms with van der Waals surface area (Å²) in [5.41, 5.74) is 11.5. The molecule has 2 unspecified atom stereocenters. The highest BCUT2D eigenvalue weighted by atomic mass is 32.2. The standard InChI is InChI=1S/C13H18FN3OS/c1-7-8(2)19-4-3-17(7)12-5-9(13(16)18)11(15)6-10(12)14/h5-8H,3-4,15H2,1-2H3,(H2,16,18). The number of halogens is 1. The Balaban J connectivity index is 2.44. The van der Waals surface area contributed by atoms with E-state index in [2.05, 4.69) is 13.8 Å². The monoisotopic (exact) mass is 283 g/mol. The van der Waals surface area contributed by atoms with Crippen LogP contribution in [0.5, 0.6) is 0 Å². The number of anilines is 2. The maximum absolute atomic E-state index is 14.1. The van der Waals surface area contributed by atoms with Crippen molar-refractivity contribution in [3.63, 3.8) is 0 Å². The molecule has 1 saturated heterocycles. The average molecular weight is 283 g/mol. The van der Waals surface area contributed by atoms with E-state index in [0.29, 0.717) is 10.9 Å². The van der Waals surface area contributed by atoms with E-state index >= 15 is 0 Å². The van der Waals surface area contributed by atoms with Gasteiger partial charge in [0.2, 0.25) is 0 Å². The maximum Gasteiger partial charge on any atom is 0.250 e. The first-order chi connectivity index (χ1) is 8.91. The molecule has 4 N–H and O–H groups in total. The summed E-state index contributed by atoms with van der Waals surface area (Å²) in [7, 11) is 0. The van der Waals surface area contributed by atoms with Gasteiger partial charge in [-0.25, -0.2) is 4.39 Å². The quantitative estimate of drug-likeness (QED) is 0.812. The minimum absolute atomic E-state index is 0.0841. The number of benzene rings is 1. The van der Waals surface area contributed by atoms with Crippen molar-refractivity contribution in [1.82, 2.24) is 0 Å². The minimum Gasteiger partial charge on any atom is -0.398 e. The molecule has 1 aromatic rings. The van der Waals surface area contributed by atoms with Gasteiger partial charge in [0.05, 0.1) is 11.3 Å². The van der Waals surface area contributed by atoms with Crippen molar-refractivity contribution in [1.29, 1.82) is 0 Å². The van der Waals surface area contributed by atoms with Crippen LogP contribution in [0, 0.1) is 5.82 Å². The number of rotatable bonds is 2. The molecule has 0 aromatic heterocycles. The number of thioether (sulfide) groups is 1. The SMILES string of the molecule is CC1SCCN(c2cc(C(N)=O)c(N)cc2F)C1C. The van der Waals surface area contributed by atoms with Crippen LogP contribution >= 0.6 is 11.8 Å². The minimum atomic E-state index is -0.633. The highest BCUT2D eigenvalue weighted by Gasteiger charge is 2.28. The third kappa shape index (κ3) is 2.63. The molecular weight excluding hydrogens is 265 g/mol. The number of hydrogen-bond donors (Lipinski definition) is 2. The van der Waals surface area contributed by atoms with E-state index in [-0.39, 0.29) is 17.3 Å². The summed E-state index contributed by atoms with van der Waals surface area (Å²) < 4.78 is 14.1. The molecule has 104 valence electrons. The molecule has 0 radical (unpaired) electrons. The Kier molecular flexibility index (Phi) is 3.89. The first-order valence-electron chi connectivity index (χ1n) is 6.19. The molecule has 1 amide bonds. The molecule has 2 rings (SSSR count). The molecule has 0 spiro atoms. The summed E-state index contributed by atoms with van der Waals surface area (Å²) in [6.07, 6.45) is 0. The van der Waals surface area contributed by atoms with Crippen LogP contribution in [0.4, 0.5) is 15.8 Å². The largest absolute Gasteiger partial charge is 0.398 e. The Morgan fingerprint density at radius 2 is 2.16 bits per heavy atom. The van der Waals surface area contributed by atoms with Gasteiger partial charge in [0.1, 0.15) is 5.82 Å². The van der Waals surface area contributed by atoms with Crippen LogP contribution in [0.15, 0.2) is 12.1 Å². The first kappa shape index (κ1) is 14.0. The van der Waals surface area contributed by atoms with Crippen molar-refractivity contribution in [2.75, 3.05) is 22.9 Å². The fourth-order valence-electron chi connectivity index (χ4n) is 2.28. The molecule has 4 nitrogen and oxygen atoms in total. The van der Waals surface area contributed by atoms with Crippen molar-refractivity contribution >= 4 is 29.0 Å². The number of nitrogen functional groups attached to an aromatic ring is 1. The Morgan fingerprint density at radius 1 is 1.47 bits per heavy atom. The Morgan fingerprint density at radius 3 is 2.79 bits per heavy atom. The summed E-state index contributed by atoms with van der Waals surface area (Å²) in [6, 6.07) is 2.83. The maximum atomic E-state index is 14.1. The van der Waals surface area contributed by atoms with Gasteiger partial charge >= 0.3 is 0 Å². The Hall–Kier alpha value is -1.43. The number of carbonyl (C=O) groups excluding carboxylic acids is 1. The number of nitrogens with zero attached hydrogens (tertiary/aromatic N) is 1. The summed E-state index contributed by atoms with van der Waals surface area (Å²) in [6.45, 7) is 4.91. The molecule has 1 aliphatic rings. The van der Waals surface area contributed by atoms with Gasteiger partial charge < -0.3 is 16.4 Å². The van der Waals surface area contributed by atoms with Crippen molar-refractivity contribution in [2.24, 2.45) is 5.73 Å². The normalized spacial score (nSPS) is 23.4. The van der Waals surface area contributed by atoms with Gasteiger partial charge in [0.15, 0.2) is 0 Å². The highest BCUT2D eigenvalue weighted by Crippen LogP contribution is 2.32. The second-order valence-corrected chi connectivity index (χ2v) is 6.25. The average Bonchev–Trinajstić information content (AvgIpc) is 2.33. The van der Waals surface area contributed by atoms with Crippen LogP contribution in [0.1, 0.15) is 24.2 Å². The van der Waals surface area contributed by atoms with E-state index in [1.807, 2.05) is 16.7 Å². The molecule has 2 atom stereocenters. The molecule has 1 aliphatic heterocycles. The lowest BCUT2D eigenvalue weighted by molar-refractivity contribution is 0.100. The van der Waals surface area contributed by atoms with E-state index < -0.39 is 11.7 Å². The number of hydrogen-bond acceptors (Lipinski definition) is 4. The van der Waals surface area contributed by atoms with Gasteiger partial charge in [0.25, 0.3) is 5.91 Å². The predicted octanol–water partition coefficient (Wildman–Crippen LogP) is 1.84. The van der Waals surface area contributed by atoms with Gasteiger partial charge in [-0.2, -0.15) is 11.8 Å². The van der Waals surface area contributed by atoms with Crippen LogP contribution < -0.4 is 16.4 Å². The van der Waals surface area contributed by atoms with E-state index in [4.69, 9.17) is 11.5 Å². The lowest BCUT2D eigenvalue weighted by atomic mass is 10.1. The van der Waals surface area contributed by atoms with Gasteiger partial charge in [-0.1, -0.05) is 6.92 Å². The number of primary amides is 1. The van der Waals surface area contributed by atoms with Crippen LogP contribution in [0.3, 0.4) is 0 Å². The molecule has 1 aromatic carbocycles. The van der Waals surface area contributed by atoms with Gasteiger partial charge in [0, 0.05) is 29.3 Å². The molecule has 1 fully saturated rings. The van der Waals surface area contributed by atoms with E-state index in [1.54, 1.807) is 0 Å². The Bertz CT molecular complexity index is 509. The second kappa shape index (κ2) is 5.28. The molecule has 19 heavy (non-hydrogen) atoms. The van der Waals surface area contributed by atoms with E-state index in [1.165, 1.54) is 12.1 Å². The predicted molar refractivity (Wildman–Crippen MR) is 78.1 cm³/mol. The van der Waals surface area contributed by atoms with Crippen molar-refractivity contribution < 1.29 is 9.18 Å². The van der Waals surface area contributed by atoms with Crippen LogP contribution in [0.2, 0.25) is 0 Å². The zero-order valence-corrected chi connectivity index (χ0v) is 11.8. The molecule has 6 heteroatoms. The summed E-state index contributed by atoms with van der Waals surface area (Å²) >= 11 is 1.86. The van der Waals surface area contributed by atoms with Crippen LogP contribution in [0.25, 0.3) is 0 Å². The van der Waals surface area contributed by atoms with Crippen LogP contribution in [-0.2, 0) is 0 Å². The zero-order valence-electron chi connectivity index (χ0n) is 11.0. The number of carbonyl (C=O) groups is 1. The fraction of sp³-hybridized carbons (Fsp3) is 0.462. The molecular formula is C13H18FN3OS. The smallest absolute Gasteiger partial charge is 0.250 e. The van der Waals surface area contributed by atoms with Gasteiger partial charge in [-0.15, -0.1) is 0 Å². The summed E-state index contributed by atoms with van der Waals surface area (Å²) in [5.74, 6) is -0.111. The first-order valence-corrected chi connectivity index (χ1v) is 7.23. The third-order valence-electron chi connectivity index (χ3n) is 3.58. The highest BCUT2D eigenvalue weighted by molar-refractivity contribution is 8.00. The molecule has 0 bridgehead atoms. The lowest BCUT2D eigenvalue weighted by Crippen LogP contribution is -2.45. The fourth-order valence-corrected chi connectivity index (χ4v) is 3.38. The lowest BCUT2D eigenvalue weighted by Gasteiger charge is -2.39. The van der Waals surface area contributed by atoms with Gasteiger partial charge in [-0.3, -0.25) is 4.79 Å². The van der Waals surface area contributed by atoms with Crippen LogP contribution in [-0.4, -0.2) is 29.5 Å². The molecule has 1 heterocycles. The summed E-state index contributed by atoms with van der Waals surface area (Å²) in [4.78, 5) is 13.3. The van der Waals surface area contributed by atoms with Crippen molar-refractivity contribution in [3.8, 4) is 0 Å². The topological polar surface area (TPSA) is 72.3 Å².